The Morgan fingerprint density at radius 1 is 1.06 bits per heavy atom. The number of oxime groups is 1. The van der Waals surface area contributed by atoms with Crippen molar-refractivity contribution in [1.82, 2.24) is 10.2 Å². The van der Waals surface area contributed by atoms with Crippen LogP contribution >= 0.6 is 0 Å². The third-order valence-electron chi connectivity index (χ3n) is 6.42. The van der Waals surface area contributed by atoms with Crippen LogP contribution in [0, 0.1) is 0 Å². The number of urea groups is 1. The third-order valence-corrected chi connectivity index (χ3v) is 6.42. The Labute approximate surface area is 185 Å². The first kappa shape index (κ1) is 21.4. The van der Waals surface area contributed by atoms with Crippen molar-refractivity contribution in [2.45, 2.75) is 57.5 Å². The van der Waals surface area contributed by atoms with Gasteiger partial charge in [-0.1, -0.05) is 80.5 Å². The van der Waals surface area contributed by atoms with Crippen molar-refractivity contribution in [3.63, 3.8) is 0 Å². The number of carbonyl (C=O) groups is 1. The van der Waals surface area contributed by atoms with Crippen LogP contribution in [-0.4, -0.2) is 41.9 Å². The summed E-state index contributed by atoms with van der Waals surface area (Å²) in [5.74, 6) is 0. The quantitative estimate of drug-likeness (QED) is 0.767. The Hall–Kier alpha value is -2.82. The molecule has 2 aromatic rings. The van der Waals surface area contributed by atoms with Crippen molar-refractivity contribution in [3.8, 4) is 0 Å². The van der Waals surface area contributed by atoms with Gasteiger partial charge in [0.15, 0.2) is 0 Å². The van der Waals surface area contributed by atoms with Gasteiger partial charge in [-0.2, -0.15) is 0 Å². The first-order chi connectivity index (χ1) is 14.8. The maximum Gasteiger partial charge on any atom is 0.317 e. The molecular weight excluding hydrogens is 386 g/mol. The van der Waals surface area contributed by atoms with Gasteiger partial charge in [0.05, 0.1) is 5.71 Å². The van der Waals surface area contributed by atoms with E-state index in [9.17, 15) is 4.79 Å². The zero-order valence-corrected chi connectivity index (χ0v) is 18.9. The van der Waals surface area contributed by atoms with E-state index >= 15 is 0 Å². The second kappa shape index (κ2) is 8.74. The summed E-state index contributed by atoms with van der Waals surface area (Å²) in [6, 6.07) is 18.9. The van der Waals surface area contributed by atoms with Crippen LogP contribution in [0.25, 0.3) is 0 Å². The number of nitrogens with one attached hydrogen (secondary N) is 1. The number of nitrogens with zero attached hydrogens (tertiary/aromatic N) is 2. The average Bonchev–Trinajstić information content (AvgIpc) is 3.18. The Balaban J connectivity index is 1.25. The van der Waals surface area contributed by atoms with Gasteiger partial charge in [-0.15, -0.1) is 0 Å². The highest BCUT2D eigenvalue weighted by Crippen LogP contribution is 2.36. The van der Waals surface area contributed by atoms with E-state index in [1.165, 1.54) is 11.1 Å². The molecule has 0 aromatic heterocycles. The highest BCUT2D eigenvalue weighted by atomic mass is 16.7. The Bertz CT molecular complexity index is 921. The number of rotatable bonds is 4. The summed E-state index contributed by atoms with van der Waals surface area (Å²) in [5.41, 5.74) is 4.57. The van der Waals surface area contributed by atoms with Gasteiger partial charge < -0.3 is 15.1 Å². The molecule has 5 heteroatoms. The molecule has 0 bridgehead atoms. The second-order valence-electron chi connectivity index (χ2n) is 9.77. The fourth-order valence-corrected chi connectivity index (χ4v) is 4.29. The molecule has 31 heavy (non-hydrogen) atoms. The lowest BCUT2D eigenvalue weighted by Gasteiger charge is -2.37. The van der Waals surface area contributed by atoms with E-state index in [0.717, 1.165) is 37.0 Å². The van der Waals surface area contributed by atoms with E-state index in [1.807, 2.05) is 23.1 Å². The Morgan fingerprint density at radius 2 is 1.74 bits per heavy atom. The molecule has 0 aliphatic carbocycles. The summed E-state index contributed by atoms with van der Waals surface area (Å²) in [5, 5.41) is 7.47. The van der Waals surface area contributed by atoms with Crippen LogP contribution in [0.2, 0.25) is 0 Å². The third kappa shape index (κ3) is 5.09. The number of carbonyl (C=O) groups excluding carboxylic acids is 1. The molecule has 0 saturated carbocycles. The molecular formula is C26H33N3O2. The zero-order valence-electron chi connectivity index (χ0n) is 18.9. The SMILES string of the molecule is CC(C)(C)c1ccc(C2=NOC3(CCN(C(=O)NCCc4ccccc4)CC3)C2)cc1. The van der Waals surface area contributed by atoms with Crippen molar-refractivity contribution in [3.05, 3.63) is 71.3 Å². The second-order valence-corrected chi connectivity index (χ2v) is 9.77. The number of hydrogen-bond acceptors (Lipinski definition) is 3. The highest BCUT2D eigenvalue weighted by Gasteiger charge is 2.43. The predicted octanol–water partition coefficient (Wildman–Crippen LogP) is 4.90. The van der Waals surface area contributed by atoms with Gasteiger partial charge in [0.2, 0.25) is 0 Å². The molecule has 0 atom stereocenters. The molecule has 2 aliphatic rings. The number of benzene rings is 2. The number of amides is 2. The van der Waals surface area contributed by atoms with E-state index in [1.54, 1.807) is 0 Å². The zero-order chi connectivity index (χ0) is 21.9. The summed E-state index contributed by atoms with van der Waals surface area (Å²) in [7, 11) is 0. The first-order valence-electron chi connectivity index (χ1n) is 11.3. The van der Waals surface area contributed by atoms with Crippen LogP contribution in [0.1, 0.15) is 56.7 Å². The Kier molecular flexibility index (Phi) is 6.03. The molecule has 0 radical (unpaired) electrons. The molecule has 2 aromatic carbocycles. The average molecular weight is 420 g/mol. The fourth-order valence-electron chi connectivity index (χ4n) is 4.29. The van der Waals surface area contributed by atoms with Crippen LogP contribution in [0.5, 0.6) is 0 Å². The maximum absolute atomic E-state index is 12.5. The minimum atomic E-state index is -0.265. The minimum absolute atomic E-state index is 0.0164. The maximum atomic E-state index is 12.5. The predicted molar refractivity (Wildman–Crippen MR) is 124 cm³/mol. The van der Waals surface area contributed by atoms with Gasteiger partial charge in [-0.05, 0) is 28.5 Å². The van der Waals surface area contributed by atoms with Crippen LogP contribution in [0.15, 0.2) is 59.8 Å². The molecule has 1 saturated heterocycles. The molecule has 1 N–H and O–H groups in total. The summed E-state index contributed by atoms with van der Waals surface area (Å²) in [6.07, 6.45) is 3.28. The minimum Gasteiger partial charge on any atom is -0.388 e. The van der Waals surface area contributed by atoms with Crippen molar-refractivity contribution < 1.29 is 9.63 Å². The molecule has 164 valence electrons. The van der Waals surface area contributed by atoms with Gasteiger partial charge >= 0.3 is 6.03 Å². The standard InChI is InChI=1S/C26H33N3O2/c1-25(2,3)22-11-9-21(10-12-22)23-19-26(31-28-23)14-17-29(18-15-26)24(30)27-16-13-20-7-5-4-6-8-20/h4-12H,13-19H2,1-3H3,(H,27,30). The van der Waals surface area contributed by atoms with Gasteiger partial charge in [-0.3, -0.25) is 0 Å². The lowest BCUT2D eigenvalue weighted by Crippen LogP contribution is -2.50. The lowest BCUT2D eigenvalue weighted by atomic mass is 9.84. The van der Waals surface area contributed by atoms with Gasteiger partial charge in [0, 0.05) is 38.9 Å². The van der Waals surface area contributed by atoms with E-state index in [-0.39, 0.29) is 17.0 Å². The van der Waals surface area contributed by atoms with E-state index in [0.29, 0.717) is 19.6 Å². The smallest absolute Gasteiger partial charge is 0.317 e. The van der Waals surface area contributed by atoms with Crippen LogP contribution < -0.4 is 5.32 Å². The summed E-state index contributed by atoms with van der Waals surface area (Å²) in [6.45, 7) is 8.71. The normalized spacial score (nSPS) is 17.9. The summed E-state index contributed by atoms with van der Waals surface area (Å²) < 4.78 is 0. The number of likely N-dealkylation sites (tertiary alicyclic amines) is 1. The van der Waals surface area contributed by atoms with Crippen molar-refractivity contribution in [2.75, 3.05) is 19.6 Å². The Morgan fingerprint density at radius 3 is 2.39 bits per heavy atom. The van der Waals surface area contributed by atoms with E-state index in [2.05, 4.69) is 67.6 Å². The summed E-state index contributed by atoms with van der Waals surface area (Å²) >= 11 is 0. The molecule has 2 amide bonds. The molecule has 2 heterocycles. The van der Waals surface area contributed by atoms with Crippen molar-refractivity contribution in [2.24, 2.45) is 5.16 Å². The molecule has 1 spiro atoms. The molecule has 0 unspecified atom stereocenters. The highest BCUT2D eigenvalue weighted by molar-refractivity contribution is 6.01. The molecule has 5 nitrogen and oxygen atoms in total. The molecule has 1 fully saturated rings. The first-order valence-corrected chi connectivity index (χ1v) is 11.3. The van der Waals surface area contributed by atoms with Gasteiger partial charge in [0.1, 0.15) is 5.60 Å². The van der Waals surface area contributed by atoms with Gasteiger partial charge in [-0.25, -0.2) is 4.79 Å². The van der Waals surface area contributed by atoms with Crippen LogP contribution in [0.4, 0.5) is 4.79 Å². The van der Waals surface area contributed by atoms with E-state index in [4.69, 9.17) is 4.84 Å². The topological polar surface area (TPSA) is 53.9 Å². The number of hydrogen-bond donors (Lipinski definition) is 1. The molecule has 4 rings (SSSR count). The van der Waals surface area contributed by atoms with Crippen LogP contribution in [-0.2, 0) is 16.7 Å². The van der Waals surface area contributed by atoms with Crippen molar-refractivity contribution in [1.29, 1.82) is 0 Å². The van der Waals surface area contributed by atoms with Crippen molar-refractivity contribution >= 4 is 11.7 Å². The monoisotopic (exact) mass is 419 g/mol. The summed E-state index contributed by atoms with van der Waals surface area (Å²) in [4.78, 5) is 20.4. The lowest BCUT2D eigenvalue weighted by molar-refractivity contribution is -0.0550. The van der Waals surface area contributed by atoms with E-state index < -0.39 is 0 Å². The van der Waals surface area contributed by atoms with Gasteiger partial charge in [0.25, 0.3) is 0 Å². The number of piperidine rings is 1. The fraction of sp³-hybridized carbons (Fsp3) is 0.462. The van der Waals surface area contributed by atoms with Crippen LogP contribution in [0.3, 0.4) is 0 Å². The largest absolute Gasteiger partial charge is 0.388 e. The molecule has 2 aliphatic heterocycles.